The van der Waals surface area contributed by atoms with Crippen molar-refractivity contribution in [3.8, 4) is 0 Å². The quantitative estimate of drug-likeness (QED) is 0.385. The van der Waals surface area contributed by atoms with Crippen molar-refractivity contribution in [3.63, 3.8) is 0 Å². The van der Waals surface area contributed by atoms with Crippen molar-refractivity contribution >= 4 is 17.9 Å². The molecule has 184 valence electrons. The maximum Gasteiger partial charge on any atom is 0.338 e. The lowest BCUT2D eigenvalue weighted by molar-refractivity contribution is -0.269. The third-order valence-electron chi connectivity index (χ3n) is 6.05. The van der Waals surface area contributed by atoms with Crippen molar-refractivity contribution in [1.29, 1.82) is 0 Å². The summed E-state index contributed by atoms with van der Waals surface area (Å²) < 4.78 is 29.2. The van der Waals surface area contributed by atoms with Gasteiger partial charge < -0.3 is 23.7 Å². The lowest BCUT2D eigenvalue weighted by atomic mass is 9.93. The van der Waals surface area contributed by atoms with Crippen LogP contribution in [-0.4, -0.2) is 61.6 Å². The zero-order chi connectivity index (χ0) is 24.9. The molecule has 4 unspecified atom stereocenters. The Bertz CT molecular complexity index is 1130. The van der Waals surface area contributed by atoms with E-state index in [0.717, 1.165) is 0 Å². The first-order valence-corrected chi connectivity index (χ1v) is 11.6. The Labute approximate surface area is 207 Å². The molecule has 2 bridgehead atoms. The molecule has 0 aromatic heterocycles. The Balaban J connectivity index is 1.46. The summed E-state index contributed by atoms with van der Waals surface area (Å²) in [5, 5.41) is 0. The predicted octanol–water partition coefficient (Wildman–Crippen LogP) is 3.46. The van der Waals surface area contributed by atoms with Crippen LogP contribution in [0.25, 0.3) is 0 Å². The summed E-state index contributed by atoms with van der Waals surface area (Å²) in [6.45, 7) is 0.254. The number of carbonyl (C=O) groups excluding carboxylic acids is 3. The lowest BCUT2D eigenvalue weighted by Gasteiger charge is -2.47. The third kappa shape index (κ3) is 5.15. The highest BCUT2D eigenvalue weighted by Gasteiger charge is 2.54. The summed E-state index contributed by atoms with van der Waals surface area (Å²) in [6, 6.07) is 25.3. The van der Waals surface area contributed by atoms with E-state index in [9.17, 15) is 14.4 Å². The van der Waals surface area contributed by atoms with Crippen molar-refractivity contribution in [2.45, 2.75) is 30.5 Å². The SMILES string of the molecule is O=C(OC1C2COCC(O2)C(OC(=O)c2ccccc2)C1OC(=O)c1ccccc1)c1ccccc1. The smallest absolute Gasteiger partial charge is 0.338 e. The van der Waals surface area contributed by atoms with E-state index in [1.165, 1.54) is 0 Å². The normalized spacial score (nSPS) is 24.8. The van der Waals surface area contributed by atoms with Crippen LogP contribution in [-0.2, 0) is 23.7 Å². The summed E-state index contributed by atoms with van der Waals surface area (Å²) >= 11 is 0. The van der Waals surface area contributed by atoms with E-state index in [0.29, 0.717) is 16.7 Å². The Kier molecular flexibility index (Phi) is 7.06. The maximum absolute atomic E-state index is 13.1. The number of hydrogen-bond acceptors (Lipinski definition) is 8. The molecule has 2 heterocycles. The van der Waals surface area contributed by atoms with Crippen LogP contribution < -0.4 is 0 Å². The van der Waals surface area contributed by atoms with Crippen LogP contribution in [0.15, 0.2) is 91.0 Å². The summed E-state index contributed by atoms with van der Waals surface area (Å²) in [7, 11) is 0. The molecule has 0 N–H and O–H groups in total. The molecule has 3 aromatic carbocycles. The van der Waals surface area contributed by atoms with Gasteiger partial charge in [-0.2, -0.15) is 0 Å². The second-order valence-electron chi connectivity index (χ2n) is 8.46. The third-order valence-corrected chi connectivity index (χ3v) is 6.05. The molecule has 3 aromatic rings. The topological polar surface area (TPSA) is 97.4 Å². The number of esters is 3. The maximum atomic E-state index is 13.1. The summed E-state index contributed by atoms with van der Waals surface area (Å²) in [5.74, 6) is -1.88. The molecule has 0 spiro atoms. The van der Waals surface area contributed by atoms with Gasteiger partial charge in [0.15, 0.2) is 18.3 Å². The zero-order valence-corrected chi connectivity index (χ0v) is 19.2. The van der Waals surface area contributed by atoms with E-state index in [2.05, 4.69) is 0 Å². The molecule has 0 amide bonds. The number of ether oxygens (including phenoxy) is 5. The summed E-state index contributed by atoms with van der Waals surface area (Å²) in [5.41, 5.74) is 0.955. The van der Waals surface area contributed by atoms with Gasteiger partial charge in [0.05, 0.1) is 29.9 Å². The Morgan fingerprint density at radius 3 is 1.22 bits per heavy atom. The lowest BCUT2D eigenvalue weighted by Crippen LogP contribution is -2.65. The van der Waals surface area contributed by atoms with E-state index in [1.807, 2.05) is 0 Å². The zero-order valence-electron chi connectivity index (χ0n) is 19.2. The van der Waals surface area contributed by atoms with E-state index in [4.69, 9.17) is 23.7 Å². The molecule has 4 atom stereocenters. The Morgan fingerprint density at radius 1 is 0.528 bits per heavy atom. The fraction of sp³-hybridized carbons (Fsp3) is 0.250. The number of rotatable bonds is 6. The van der Waals surface area contributed by atoms with Crippen LogP contribution in [0.2, 0.25) is 0 Å². The number of hydrogen-bond donors (Lipinski definition) is 0. The van der Waals surface area contributed by atoms with Crippen LogP contribution in [0.5, 0.6) is 0 Å². The van der Waals surface area contributed by atoms with Gasteiger partial charge in [-0.3, -0.25) is 0 Å². The minimum Gasteiger partial charge on any atom is -0.452 e. The second-order valence-corrected chi connectivity index (χ2v) is 8.46. The predicted molar refractivity (Wildman–Crippen MR) is 126 cm³/mol. The minimum atomic E-state index is -1.12. The average molecular weight is 488 g/mol. The van der Waals surface area contributed by atoms with Gasteiger partial charge in [-0.05, 0) is 36.4 Å². The van der Waals surface area contributed by atoms with Crippen molar-refractivity contribution in [1.82, 2.24) is 0 Å². The first-order chi connectivity index (χ1) is 17.6. The molecule has 5 rings (SSSR count). The highest BCUT2D eigenvalue weighted by molar-refractivity contribution is 5.91. The molecule has 0 aliphatic carbocycles. The first kappa shape index (κ1) is 23.7. The van der Waals surface area contributed by atoms with Gasteiger partial charge in [-0.25, -0.2) is 14.4 Å². The molecule has 8 heteroatoms. The largest absolute Gasteiger partial charge is 0.452 e. The number of benzene rings is 3. The van der Waals surface area contributed by atoms with Crippen LogP contribution >= 0.6 is 0 Å². The van der Waals surface area contributed by atoms with Gasteiger partial charge in [-0.1, -0.05) is 54.6 Å². The van der Waals surface area contributed by atoms with E-state index in [1.54, 1.807) is 91.0 Å². The Morgan fingerprint density at radius 2 is 0.861 bits per heavy atom. The molecule has 2 aliphatic heterocycles. The highest BCUT2D eigenvalue weighted by atomic mass is 16.7. The van der Waals surface area contributed by atoms with Crippen molar-refractivity contribution in [3.05, 3.63) is 108 Å². The van der Waals surface area contributed by atoms with E-state index < -0.39 is 48.4 Å². The van der Waals surface area contributed by atoms with Crippen molar-refractivity contribution < 1.29 is 38.1 Å². The van der Waals surface area contributed by atoms with Crippen LogP contribution in [0.3, 0.4) is 0 Å². The van der Waals surface area contributed by atoms with Gasteiger partial charge in [0.2, 0.25) is 0 Å². The van der Waals surface area contributed by atoms with Crippen molar-refractivity contribution in [2.24, 2.45) is 0 Å². The average Bonchev–Trinajstić information content (AvgIpc) is 2.94. The second kappa shape index (κ2) is 10.7. The molecule has 8 nitrogen and oxygen atoms in total. The molecule has 36 heavy (non-hydrogen) atoms. The van der Waals surface area contributed by atoms with Gasteiger partial charge in [-0.15, -0.1) is 0 Å². The molecule has 0 saturated carbocycles. The fourth-order valence-electron chi connectivity index (χ4n) is 4.28. The minimum absolute atomic E-state index is 0.127. The van der Waals surface area contributed by atoms with Crippen LogP contribution in [0, 0.1) is 0 Å². The van der Waals surface area contributed by atoms with E-state index >= 15 is 0 Å². The van der Waals surface area contributed by atoms with Gasteiger partial charge >= 0.3 is 17.9 Å². The van der Waals surface area contributed by atoms with Crippen molar-refractivity contribution in [2.75, 3.05) is 13.2 Å². The fourth-order valence-corrected chi connectivity index (χ4v) is 4.28. The monoisotopic (exact) mass is 488 g/mol. The first-order valence-electron chi connectivity index (χ1n) is 11.6. The summed E-state index contributed by atoms with van der Waals surface area (Å²) in [6.07, 6.45) is -4.69. The number of carbonyl (C=O) groups is 3. The standard InChI is InChI=1S/C28H24O8/c29-26(18-10-4-1-5-11-18)34-23-21-16-32-17-22(33-21)24(35-27(30)19-12-6-2-7-13-19)25(23)36-28(31)20-14-8-3-9-15-20/h1-15,21-25H,16-17H2. The number of fused-ring (bicyclic) bond motifs is 2. The summed E-state index contributed by atoms with van der Waals surface area (Å²) in [4.78, 5) is 39.0. The van der Waals surface area contributed by atoms with Gasteiger partial charge in [0.25, 0.3) is 0 Å². The molecule has 2 aliphatic rings. The highest BCUT2D eigenvalue weighted by Crippen LogP contribution is 2.33. The molecular formula is C28H24O8. The molecular weight excluding hydrogens is 464 g/mol. The molecule has 2 saturated heterocycles. The Hall–Kier alpha value is -4.01. The van der Waals surface area contributed by atoms with Crippen LogP contribution in [0.4, 0.5) is 0 Å². The van der Waals surface area contributed by atoms with E-state index in [-0.39, 0.29) is 13.2 Å². The van der Waals surface area contributed by atoms with Crippen LogP contribution in [0.1, 0.15) is 31.1 Å². The van der Waals surface area contributed by atoms with Gasteiger partial charge in [0.1, 0.15) is 12.2 Å². The molecule has 2 fully saturated rings. The molecule has 0 radical (unpaired) electrons. The van der Waals surface area contributed by atoms with Gasteiger partial charge in [0, 0.05) is 0 Å².